The maximum Gasteiger partial charge on any atom is 0.333 e. The fourth-order valence-corrected chi connectivity index (χ4v) is 4.46. The highest BCUT2D eigenvalue weighted by Crippen LogP contribution is 2.46. The third-order valence-corrected chi connectivity index (χ3v) is 6.74. The minimum Gasteiger partial charge on any atom is -0.494 e. The summed E-state index contributed by atoms with van der Waals surface area (Å²) in [5.74, 6) is -2.56. The molecule has 0 bridgehead atoms. The third-order valence-electron chi connectivity index (χ3n) is 6.74. The molecule has 2 amide bonds. The Morgan fingerprint density at radius 2 is 1.98 bits per heavy atom. The standard InChI is InChI=1S/C27H23F4N5O5/c1-26(39,11-33-23(37)14-7-15-10-36(25(29)30)35-20(15)18(8-14)40-2)19-9-17-22(41-12-27(17,31)24(32)38)21(34-19)13-3-5-16(28)6-4-13/h3-10,25,39H,11-12H2,1-2H3,(H2,32,38)(H,33,37)/t26-,27?/m0/s1. The number of aliphatic hydroxyl groups is 1. The SMILES string of the molecule is COc1cc(C(=O)NC[C@](C)(O)c2cc3c(c(-c4ccc(F)cc4)n2)OCC3(F)C(N)=O)cc2cn(C(F)F)nc12. The lowest BCUT2D eigenvalue weighted by molar-refractivity contribution is -0.130. The van der Waals surface area contributed by atoms with Crippen LogP contribution in [0.2, 0.25) is 0 Å². The first kappa shape index (κ1) is 27.8. The second-order valence-corrected chi connectivity index (χ2v) is 9.65. The van der Waals surface area contributed by atoms with E-state index in [0.717, 1.165) is 24.4 Å². The summed E-state index contributed by atoms with van der Waals surface area (Å²) in [6, 6.07) is 8.78. The average molecular weight is 574 g/mol. The third kappa shape index (κ3) is 4.90. The van der Waals surface area contributed by atoms with Gasteiger partial charge in [0.25, 0.3) is 17.5 Å². The van der Waals surface area contributed by atoms with Crippen LogP contribution in [0.1, 0.15) is 35.1 Å². The number of pyridine rings is 1. The van der Waals surface area contributed by atoms with Crippen molar-refractivity contribution in [1.29, 1.82) is 0 Å². The van der Waals surface area contributed by atoms with Gasteiger partial charge in [-0.1, -0.05) is 0 Å². The molecule has 4 N–H and O–H groups in total. The van der Waals surface area contributed by atoms with E-state index in [0.29, 0.717) is 10.2 Å². The summed E-state index contributed by atoms with van der Waals surface area (Å²) in [5, 5.41) is 17.9. The van der Waals surface area contributed by atoms with Crippen molar-refractivity contribution in [3.8, 4) is 22.8 Å². The van der Waals surface area contributed by atoms with Gasteiger partial charge in [0.1, 0.15) is 35.0 Å². The lowest BCUT2D eigenvalue weighted by Crippen LogP contribution is -2.40. The second kappa shape index (κ2) is 10.0. The van der Waals surface area contributed by atoms with Crippen molar-refractivity contribution in [2.24, 2.45) is 5.73 Å². The molecule has 214 valence electrons. The van der Waals surface area contributed by atoms with E-state index in [1.165, 1.54) is 38.3 Å². The number of alkyl halides is 3. The zero-order valence-electron chi connectivity index (χ0n) is 21.6. The van der Waals surface area contributed by atoms with Crippen molar-refractivity contribution in [1.82, 2.24) is 20.1 Å². The predicted octanol–water partition coefficient (Wildman–Crippen LogP) is 3.32. The van der Waals surface area contributed by atoms with E-state index in [1.54, 1.807) is 0 Å². The van der Waals surface area contributed by atoms with Gasteiger partial charge in [-0.15, -0.1) is 0 Å². The molecule has 0 spiro atoms. The number of rotatable bonds is 8. The molecule has 4 aromatic rings. The Morgan fingerprint density at radius 3 is 2.61 bits per heavy atom. The molecule has 1 unspecified atom stereocenters. The van der Waals surface area contributed by atoms with Crippen LogP contribution in [0.15, 0.2) is 48.7 Å². The van der Waals surface area contributed by atoms with Crippen molar-refractivity contribution in [3.05, 3.63) is 71.3 Å². The van der Waals surface area contributed by atoms with Gasteiger partial charge in [0.15, 0.2) is 5.75 Å². The van der Waals surface area contributed by atoms with Crippen molar-refractivity contribution in [2.75, 3.05) is 20.3 Å². The van der Waals surface area contributed by atoms with Gasteiger partial charge in [-0.2, -0.15) is 13.9 Å². The molecule has 0 fully saturated rings. The van der Waals surface area contributed by atoms with Gasteiger partial charge in [-0.3, -0.25) is 9.59 Å². The van der Waals surface area contributed by atoms with Gasteiger partial charge in [0, 0.05) is 28.3 Å². The highest BCUT2D eigenvalue weighted by Gasteiger charge is 2.49. The summed E-state index contributed by atoms with van der Waals surface area (Å²) < 4.78 is 66.5. The number of amides is 2. The van der Waals surface area contributed by atoms with Gasteiger partial charge in [-0.25, -0.2) is 18.4 Å². The molecular formula is C27H23F4N5O5. The molecule has 2 aromatic carbocycles. The Hall–Kier alpha value is -4.72. The molecule has 0 saturated carbocycles. The van der Waals surface area contributed by atoms with E-state index in [9.17, 15) is 27.9 Å². The summed E-state index contributed by atoms with van der Waals surface area (Å²) in [6.45, 7) is -2.77. The number of hydrogen-bond donors (Lipinski definition) is 3. The molecule has 0 radical (unpaired) electrons. The number of methoxy groups -OCH3 is 1. The zero-order valence-corrected chi connectivity index (χ0v) is 21.6. The van der Waals surface area contributed by atoms with Gasteiger partial charge in [-0.05, 0) is 49.4 Å². The molecule has 10 nitrogen and oxygen atoms in total. The van der Waals surface area contributed by atoms with E-state index >= 15 is 4.39 Å². The lowest BCUT2D eigenvalue weighted by atomic mass is 9.91. The van der Waals surface area contributed by atoms with E-state index in [4.69, 9.17) is 15.2 Å². The summed E-state index contributed by atoms with van der Waals surface area (Å²) >= 11 is 0. The van der Waals surface area contributed by atoms with Crippen LogP contribution in [0.25, 0.3) is 22.2 Å². The minimum absolute atomic E-state index is 0.0242. The highest BCUT2D eigenvalue weighted by atomic mass is 19.3. The monoisotopic (exact) mass is 573 g/mol. The molecule has 1 aliphatic rings. The first-order valence-electron chi connectivity index (χ1n) is 12.1. The molecule has 0 saturated heterocycles. The largest absolute Gasteiger partial charge is 0.494 e. The number of hydrogen-bond acceptors (Lipinski definition) is 7. The molecule has 14 heteroatoms. The smallest absolute Gasteiger partial charge is 0.333 e. The number of nitrogens with zero attached hydrogens (tertiary/aromatic N) is 3. The molecule has 41 heavy (non-hydrogen) atoms. The number of aromatic nitrogens is 3. The van der Waals surface area contributed by atoms with Gasteiger partial charge in [0.05, 0.1) is 19.3 Å². The van der Waals surface area contributed by atoms with Crippen LogP contribution in [0.5, 0.6) is 11.5 Å². The highest BCUT2D eigenvalue weighted by molar-refractivity contribution is 6.00. The van der Waals surface area contributed by atoms with E-state index in [1.807, 2.05) is 0 Å². The maximum atomic E-state index is 15.6. The number of nitrogens with two attached hydrogens (primary N) is 1. The topological polar surface area (TPSA) is 142 Å². The number of carbonyl (C=O) groups is 2. The van der Waals surface area contributed by atoms with Crippen LogP contribution >= 0.6 is 0 Å². The predicted molar refractivity (Wildman–Crippen MR) is 137 cm³/mol. The summed E-state index contributed by atoms with van der Waals surface area (Å²) in [6.07, 6.45) is 1.06. The number of ether oxygens (including phenoxy) is 2. The summed E-state index contributed by atoms with van der Waals surface area (Å²) in [5.41, 5.74) is 0.723. The first-order valence-corrected chi connectivity index (χ1v) is 12.1. The van der Waals surface area contributed by atoms with Crippen LogP contribution < -0.4 is 20.5 Å². The normalized spacial score (nSPS) is 17.7. The maximum absolute atomic E-state index is 15.6. The van der Waals surface area contributed by atoms with E-state index in [2.05, 4.69) is 15.4 Å². The lowest BCUT2D eigenvalue weighted by Gasteiger charge is -2.25. The number of nitrogens with one attached hydrogen (secondary N) is 1. The summed E-state index contributed by atoms with van der Waals surface area (Å²) in [4.78, 5) is 29.4. The number of carbonyl (C=O) groups excluding carboxylic acids is 2. The number of benzene rings is 2. The van der Waals surface area contributed by atoms with Gasteiger partial charge in [0.2, 0.25) is 0 Å². The number of fused-ring (bicyclic) bond motifs is 2. The molecule has 5 rings (SSSR count). The second-order valence-electron chi connectivity index (χ2n) is 9.65. The van der Waals surface area contributed by atoms with Crippen LogP contribution in [-0.4, -0.2) is 51.9 Å². The van der Waals surface area contributed by atoms with Crippen LogP contribution in [0.3, 0.4) is 0 Å². The molecule has 1 aliphatic heterocycles. The fraction of sp³-hybridized carbons (Fsp3) is 0.259. The van der Waals surface area contributed by atoms with E-state index < -0.39 is 48.6 Å². The van der Waals surface area contributed by atoms with Crippen LogP contribution in [0.4, 0.5) is 17.6 Å². The van der Waals surface area contributed by atoms with Crippen molar-refractivity contribution < 1.29 is 41.7 Å². The summed E-state index contributed by atoms with van der Waals surface area (Å²) in [7, 11) is 1.29. The molecular weight excluding hydrogens is 550 g/mol. The van der Waals surface area contributed by atoms with Crippen molar-refractivity contribution in [3.63, 3.8) is 0 Å². The Morgan fingerprint density at radius 1 is 1.27 bits per heavy atom. The molecule has 0 aliphatic carbocycles. The molecule has 2 atom stereocenters. The van der Waals surface area contributed by atoms with Crippen LogP contribution in [-0.2, 0) is 16.1 Å². The molecule has 3 heterocycles. The Labute approximate surface area is 229 Å². The number of primary amides is 1. The average Bonchev–Trinajstić information content (AvgIpc) is 3.53. The van der Waals surface area contributed by atoms with Crippen molar-refractivity contribution in [2.45, 2.75) is 24.7 Å². The fourth-order valence-electron chi connectivity index (χ4n) is 4.46. The zero-order chi connectivity index (χ0) is 29.7. The van der Waals surface area contributed by atoms with E-state index in [-0.39, 0.29) is 44.9 Å². The Balaban J connectivity index is 1.48. The van der Waals surface area contributed by atoms with Gasteiger partial charge >= 0.3 is 6.55 Å². The van der Waals surface area contributed by atoms with Gasteiger partial charge < -0.3 is 25.6 Å². The number of halogens is 4. The quantitative estimate of drug-likeness (QED) is 0.275. The molecule has 2 aromatic heterocycles. The Kier molecular flexibility index (Phi) is 6.81. The Bertz CT molecular complexity index is 1680. The van der Waals surface area contributed by atoms with Crippen molar-refractivity contribution >= 4 is 22.7 Å². The minimum atomic E-state index is -2.90. The van der Waals surface area contributed by atoms with Crippen LogP contribution in [0, 0.1) is 5.82 Å². The first-order chi connectivity index (χ1) is 19.3.